The number of aromatic nitrogens is 1. The molecule has 1 aliphatic carbocycles. The van der Waals surface area contributed by atoms with E-state index < -0.39 is 0 Å². The Balaban J connectivity index is 1.87. The molecular weight excluding hydrogens is 250 g/mol. The third-order valence-electron chi connectivity index (χ3n) is 4.15. The summed E-state index contributed by atoms with van der Waals surface area (Å²) < 4.78 is 5.85. The number of hydrogen-bond acceptors (Lipinski definition) is 4. The van der Waals surface area contributed by atoms with Crippen molar-refractivity contribution in [2.24, 2.45) is 5.92 Å². The van der Waals surface area contributed by atoms with Crippen molar-refractivity contribution in [1.82, 2.24) is 4.98 Å². The van der Waals surface area contributed by atoms with Gasteiger partial charge in [-0.15, -0.1) is 0 Å². The van der Waals surface area contributed by atoms with Crippen molar-refractivity contribution in [2.45, 2.75) is 38.7 Å². The Labute approximate surface area is 120 Å². The van der Waals surface area contributed by atoms with Crippen molar-refractivity contribution >= 4 is 5.82 Å². The molecule has 0 N–H and O–H groups in total. The second-order valence-corrected chi connectivity index (χ2v) is 6.07. The molecule has 1 aliphatic heterocycles. The van der Waals surface area contributed by atoms with Crippen LogP contribution in [0.15, 0.2) is 12.1 Å². The van der Waals surface area contributed by atoms with Crippen molar-refractivity contribution in [3.63, 3.8) is 0 Å². The zero-order chi connectivity index (χ0) is 14.1. The van der Waals surface area contributed by atoms with E-state index in [0.29, 0.717) is 17.6 Å². The highest BCUT2D eigenvalue weighted by Crippen LogP contribution is 2.36. The van der Waals surface area contributed by atoms with Gasteiger partial charge in [0.1, 0.15) is 11.9 Å². The SMILES string of the molecule is CC(C)c1ccc(C#N)c(N2CCOC(C3CC3)C2)n1. The summed E-state index contributed by atoms with van der Waals surface area (Å²) in [6, 6.07) is 6.14. The molecule has 106 valence electrons. The van der Waals surface area contributed by atoms with Crippen LogP contribution < -0.4 is 4.90 Å². The second-order valence-electron chi connectivity index (χ2n) is 6.07. The number of nitrogens with zero attached hydrogens (tertiary/aromatic N) is 3. The van der Waals surface area contributed by atoms with Crippen LogP contribution >= 0.6 is 0 Å². The first-order valence-electron chi connectivity index (χ1n) is 7.46. The van der Waals surface area contributed by atoms with Gasteiger partial charge < -0.3 is 9.64 Å². The van der Waals surface area contributed by atoms with Gasteiger partial charge in [0.05, 0.1) is 18.3 Å². The minimum atomic E-state index is 0.319. The Bertz CT molecular complexity index is 531. The van der Waals surface area contributed by atoms with E-state index >= 15 is 0 Å². The Kier molecular flexibility index (Phi) is 3.62. The summed E-state index contributed by atoms with van der Waals surface area (Å²) in [4.78, 5) is 6.96. The van der Waals surface area contributed by atoms with Crippen LogP contribution in [0.25, 0.3) is 0 Å². The maximum atomic E-state index is 9.32. The van der Waals surface area contributed by atoms with Crippen LogP contribution in [-0.2, 0) is 4.74 Å². The molecule has 0 radical (unpaired) electrons. The summed E-state index contributed by atoms with van der Waals surface area (Å²) in [5, 5.41) is 9.32. The molecule has 1 saturated carbocycles. The quantitative estimate of drug-likeness (QED) is 0.848. The number of hydrogen-bond donors (Lipinski definition) is 0. The molecule has 0 spiro atoms. The topological polar surface area (TPSA) is 49.2 Å². The monoisotopic (exact) mass is 271 g/mol. The molecule has 1 saturated heterocycles. The molecule has 4 heteroatoms. The predicted molar refractivity (Wildman–Crippen MR) is 77.7 cm³/mol. The molecule has 0 amide bonds. The number of ether oxygens (including phenoxy) is 1. The number of anilines is 1. The molecule has 1 aromatic rings. The molecule has 1 unspecified atom stereocenters. The average molecular weight is 271 g/mol. The van der Waals surface area contributed by atoms with E-state index in [0.717, 1.165) is 37.1 Å². The van der Waals surface area contributed by atoms with Crippen LogP contribution in [0.3, 0.4) is 0 Å². The zero-order valence-electron chi connectivity index (χ0n) is 12.2. The van der Waals surface area contributed by atoms with Gasteiger partial charge in [-0.1, -0.05) is 13.8 Å². The molecule has 3 rings (SSSR count). The molecule has 0 bridgehead atoms. The first-order valence-corrected chi connectivity index (χ1v) is 7.46. The van der Waals surface area contributed by atoms with E-state index in [2.05, 4.69) is 24.8 Å². The molecule has 2 heterocycles. The van der Waals surface area contributed by atoms with E-state index in [-0.39, 0.29) is 0 Å². The molecule has 0 aromatic carbocycles. The fourth-order valence-corrected chi connectivity index (χ4v) is 2.73. The summed E-state index contributed by atoms with van der Waals surface area (Å²) in [6.07, 6.45) is 2.88. The normalized spacial score (nSPS) is 22.9. The van der Waals surface area contributed by atoms with Crippen molar-refractivity contribution in [1.29, 1.82) is 5.26 Å². The lowest BCUT2D eigenvalue weighted by molar-refractivity contribution is 0.0261. The smallest absolute Gasteiger partial charge is 0.146 e. The highest BCUT2D eigenvalue weighted by molar-refractivity contribution is 5.55. The van der Waals surface area contributed by atoms with Crippen LogP contribution in [0.1, 0.15) is 43.9 Å². The average Bonchev–Trinajstić information content (AvgIpc) is 3.31. The maximum Gasteiger partial charge on any atom is 0.146 e. The molecule has 20 heavy (non-hydrogen) atoms. The summed E-state index contributed by atoms with van der Waals surface area (Å²) in [5.74, 6) is 1.94. The van der Waals surface area contributed by atoms with Crippen molar-refractivity contribution < 1.29 is 4.74 Å². The first kappa shape index (κ1) is 13.4. The van der Waals surface area contributed by atoms with Gasteiger partial charge in [-0.3, -0.25) is 0 Å². The molecule has 2 aliphatic rings. The highest BCUT2D eigenvalue weighted by Gasteiger charge is 2.36. The Hall–Kier alpha value is -1.60. The van der Waals surface area contributed by atoms with Gasteiger partial charge in [-0.2, -0.15) is 5.26 Å². The Morgan fingerprint density at radius 2 is 2.20 bits per heavy atom. The van der Waals surface area contributed by atoms with Crippen LogP contribution in [0.4, 0.5) is 5.82 Å². The number of morpholine rings is 1. The summed E-state index contributed by atoms with van der Waals surface area (Å²) in [7, 11) is 0. The number of rotatable bonds is 3. The van der Waals surface area contributed by atoms with Gasteiger partial charge in [0.25, 0.3) is 0 Å². The molecule has 2 fully saturated rings. The minimum Gasteiger partial charge on any atom is -0.374 e. The maximum absolute atomic E-state index is 9.32. The van der Waals surface area contributed by atoms with Crippen molar-refractivity contribution in [3.8, 4) is 6.07 Å². The molecule has 4 nitrogen and oxygen atoms in total. The fourth-order valence-electron chi connectivity index (χ4n) is 2.73. The Morgan fingerprint density at radius 1 is 1.40 bits per heavy atom. The second kappa shape index (κ2) is 5.41. The van der Waals surface area contributed by atoms with E-state index in [1.165, 1.54) is 12.8 Å². The lowest BCUT2D eigenvalue weighted by atomic mass is 10.1. The third kappa shape index (κ3) is 2.64. The predicted octanol–water partition coefficient (Wildman–Crippen LogP) is 2.69. The van der Waals surface area contributed by atoms with Crippen LogP contribution in [0.2, 0.25) is 0 Å². The molecular formula is C16H21N3O. The standard InChI is InChI=1S/C16H21N3O/c1-11(2)14-6-5-13(9-17)16(18-14)19-7-8-20-15(10-19)12-3-4-12/h5-6,11-12,15H,3-4,7-8,10H2,1-2H3. The van der Waals surface area contributed by atoms with Gasteiger partial charge in [-0.05, 0) is 36.8 Å². The van der Waals surface area contributed by atoms with E-state index in [1.807, 2.05) is 12.1 Å². The van der Waals surface area contributed by atoms with Crippen LogP contribution in [0.5, 0.6) is 0 Å². The number of pyridine rings is 1. The zero-order valence-corrected chi connectivity index (χ0v) is 12.2. The van der Waals surface area contributed by atoms with Crippen LogP contribution in [-0.4, -0.2) is 30.8 Å². The molecule has 1 aromatic heterocycles. The van der Waals surface area contributed by atoms with Gasteiger partial charge in [0, 0.05) is 18.8 Å². The summed E-state index contributed by atoms with van der Waals surface area (Å²) in [6.45, 7) is 6.69. The molecule has 1 atom stereocenters. The minimum absolute atomic E-state index is 0.319. The largest absolute Gasteiger partial charge is 0.374 e. The van der Waals surface area contributed by atoms with E-state index in [9.17, 15) is 5.26 Å². The van der Waals surface area contributed by atoms with Gasteiger partial charge in [0.2, 0.25) is 0 Å². The highest BCUT2D eigenvalue weighted by atomic mass is 16.5. The van der Waals surface area contributed by atoms with Gasteiger partial charge >= 0.3 is 0 Å². The van der Waals surface area contributed by atoms with Gasteiger partial charge in [-0.25, -0.2) is 4.98 Å². The number of nitriles is 1. The van der Waals surface area contributed by atoms with Crippen molar-refractivity contribution in [3.05, 3.63) is 23.4 Å². The fraction of sp³-hybridized carbons (Fsp3) is 0.625. The third-order valence-corrected chi connectivity index (χ3v) is 4.15. The lowest BCUT2D eigenvalue weighted by Gasteiger charge is -2.34. The lowest BCUT2D eigenvalue weighted by Crippen LogP contribution is -2.44. The van der Waals surface area contributed by atoms with Crippen molar-refractivity contribution in [2.75, 3.05) is 24.6 Å². The Morgan fingerprint density at radius 3 is 2.85 bits per heavy atom. The van der Waals surface area contributed by atoms with E-state index in [1.54, 1.807) is 0 Å². The first-order chi connectivity index (χ1) is 9.69. The van der Waals surface area contributed by atoms with E-state index in [4.69, 9.17) is 9.72 Å². The van der Waals surface area contributed by atoms with Gasteiger partial charge in [0.15, 0.2) is 0 Å². The summed E-state index contributed by atoms with van der Waals surface area (Å²) in [5.41, 5.74) is 1.72. The van der Waals surface area contributed by atoms with Crippen LogP contribution in [0, 0.1) is 17.2 Å². The summed E-state index contributed by atoms with van der Waals surface area (Å²) >= 11 is 0.